The molecule has 4 heteroatoms. The summed E-state index contributed by atoms with van der Waals surface area (Å²) in [6, 6.07) is 7.75. The van der Waals surface area contributed by atoms with Crippen molar-refractivity contribution in [3.05, 3.63) is 34.3 Å². The molecule has 1 atom stereocenters. The zero-order valence-electron chi connectivity index (χ0n) is 10.7. The third-order valence-electron chi connectivity index (χ3n) is 2.96. The van der Waals surface area contributed by atoms with E-state index in [2.05, 4.69) is 28.2 Å². The summed E-state index contributed by atoms with van der Waals surface area (Å²) >= 11 is 3.39. The first-order valence-electron chi connectivity index (χ1n) is 6.27. The molecule has 3 nitrogen and oxygen atoms in total. The molecular formula is C14H20BrNO2. The summed E-state index contributed by atoms with van der Waals surface area (Å²) in [5.74, 6) is 0.394. The van der Waals surface area contributed by atoms with Crippen molar-refractivity contribution in [2.24, 2.45) is 5.92 Å². The fourth-order valence-electron chi connectivity index (χ4n) is 1.79. The fraction of sp³-hybridized carbons (Fsp3) is 0.500. The second-order valence-electron chi connectivity index (χ2n) is 4.40. The number of rotatable bonds is 7. The smallest absolute Gasteiger partial charge is 0.224 e. The number of halogens is 1. The van der Waals surface area contributed by atoms with Crippen molar-refractivity contribution in [3.63, 3.8) is 0 Å². The van der Waals surface area contributed by atoms with Crippen LogP contribution in [0.2, 0.25) is 0 Å². The van der Waals surface area contributed by atoms with Crippen LogP contribution in [0.3, 0.4) is 0 Å². The van der Waals surface area contributed by atoms with E-state index in [-0.39, 0.29) is 12.5 Å². The van der Waals surface area contributed by atoms with Gasteiger partial charge in [-0.05, 0) is 30.0 Å². The van der Waals surface area contributed by atoms with E-state index in [0.717, 1.165) is 22.9 Å². The number of aliphatic hydroxyl groups is 1. The quantitative estimate of drug-likeness (QED) is 0.812. The number of hydrogen-bond acceptors (Lipinski definition) is 2. The number of carbonyl (C=O) groups excluding carboxylic acids is 1. The van der Waals surface area contributed by atoms with Crippen LogP contribution in [0.25, 0.3) is 0 Å². The second kappa shape index (κ2) is 8.27. The van der Waals surface area contributed by atoms with Crippen molar-refractivity contribution in [1.29, 1.82) is 0 Å². The second-order valence-corrected chi connectivity index (χ2v) is 5.31. The lowest BCUT2D eigenvalue weighted by molar-refractivity contribution is -0.120. The van der Waals surface area contributed by atoms with E-state index >= 15 is 0 Å². The van der Waals surface area contributed by atoms with E-state index in [4.69, 9.17) is 5.11 Å². The number of amides is 1. The Morgan fingerprint density at radius 1 is 1.50 bits per heavy atom. The van der Waals surface area contributed by atoms with Gasteiger partial charge in [-0.15, -0.1) is 0 Å². The van der Waals surface area contributed by atoms with E-state index in [1.54, 1.807) is 0 Å². The molecule has 1 amide bonds. The van der Waals surface area contributed by atoms with Crippen molar-refractivity contribution < 1.29 is 9.90 Å². The fourth-order valence-corrected chi connectivity index (χ4v) is 2.23. The van der Waals surface area contributed by atoms with Crippen LogP contribution in [0.5, 0.6) is 0 Å². The first-order chi connectivity index (χ1) is 8.65. The van der Waals surface area contributed by atoms with E-state index in [1.165, 1.54) is 0 Å². The van der Waals surface area contributed by atoms with Gasteiger partial charge in [-0.2, -0.15) is 0 Å². The average Bonchev–Trinajstić information content (AvgIpc) is 2.34. The Morgan fingerprint density at radius 2 is 2.28 bits per heavy atom. The molecule has 0 aromatic heterocycles. The average molecular weight is 314 g/mol. The number of carbonyl (C=O) groups is 1. The van der Waals surface area contributed by atoms with Crippen molar-refractivity contribution in [3.8, 4) is 0 Å². The zero-order chi connectivity index (χ0) is 13.4. The number of nitrogens with one attached hydrogen (secondary N) is 1. The summed E-state index contributed by atoms with van der Waals surface area (Å²) < 4.78 is 0.986. The van der Waals surface area contributed by atoms with Crippen molar-refractivity contribution in [1.82, 2.24) is 5.32 Å². The van der Waals surface area contributed by atoms with Crippen LogP contribution >= 0.6 is 15.9 Å². The molecule has 0 aliphatic carbocycles. The minimum Gasteiger partial charge on any atom is -0.396 e. The molecule has 0 fully saturated rings. The van der Waals surface area contributed by atoms with E-state index in [9.17, 15) is 4.79 Å². The minimum atomic E-state index is 0.0319. The number of benzene rings is 1. The van der Waals surface area contributed by atoms with Gasteiger partial charge in [0.05, 0.1) is 6.42 Å². The summed E-state index contributed by atoms with van der Waals surface area (Å²) in [5.41, 5.74) is 0.997. The highest BCUT2D eigenvalue weighted by Crippen LogP contribution is 2.12. The summed E-state index contributed by atoms with van der Waals surface area (Å²) in [7, 11) is 0. The van der Waals surface area contributed by atoms with Gasteiger partial charge in [0.1, 0.15) is 0 Å². The van der Waals surface area contributed by atoms with Gasteiger partial charge in [-0.1, -0.05) is 41.4 Å². The molecule has 0 saturated carbocycles. The highest BCUT2D eigenvalue weighted by atomic mass is 79.9. The van der Waals surface area contributed by atoms with E-state index in [1.807, 2.05) is 24.3 Å². The SMILES string of the molecule is CCC(CCO)CNC(=O)Cc1cccc(Br)c1. The predicted octanol–water partition coefficient (Wildman–Crippen LogP) is 2.52. The highest BCUT2D eigenvalue weighted by Gasteiger charge is 2.08. The lowest BCUT2D eigenvalue weighted by Gasteiger charge is -2.14. The van der Waals surface area contributed by atoms with Crippen LogP contribution in [-0.4, -0.2) is 24.2 Å². The summed E-state index contributed by atoms with van der Waals surface area (Å²) in [6.07, 6.45) is 2.11. The molecule has 0 heterocycles. The van der Waals surface area contributed by atoms with Crippen LogP contribution in [0.1, 0.15) is 25.3 Å². The molecule has 0 aliphatic heterocycles. The van der Waals surface area contributed by atoms with Gasteiger partial charge in [-0.3, -0.25) is 4.79 Å². The molecule has 1 aromatic rings. The van der Waals surface area contributed by atoms with Crippen LogP contribution in [0, 0.1) is 5.92 Å². The Morgan fingerprint density at radius 3 is 2.89 bits per heavy atom. The number of aliphatic hydroxyl groups excluding tert-OH is 1. The van der Waals surface area contributed by atoms with Crippen molar-refractivity contribution >= 4 is 21.8 Å². The van der Waals surface area contributed by atoms with Gasteiger partial charge < -0.3 is 10.4 Å². The maximum atomic E-state index is 11.8. The van der Waals surface area contributed by atoms with Crippen LogP contribution in [-0.2, 0) is 11.2 Å². The molecule has 1 rings (SSSR count). The Labute approximate surface area is 117 Å². The molecular weight excluding hydrogens is 294 g/mol. The first-order valence-corrected chi connectivity index (χ1v) is 7.07. The topological polar surface area (TPSA) is 49.3 Å². The molecule has 0 spiro atoms. The standard InChI is InChI=1S/C14H20BrNO2/c1-2-11(6-7-17)10-16-14(18)9-12-4-3-5-13(15)8-12/h3-5,8,11,17H,2,6-7,9-10H2,1H3,(H,16,18). The Kier molecular flexibility index (Phi) is 6.98. The van der Waals surface area contributed by atoms with Gasteiger partial charge >= 0.3 is 0 Å². The van der Waals surface area contributed by atoms with Gasteiger partial charge in [0.25, 0.3) is 0 Å². The molecule has 1 aromatic carbocycles. The monoisotopic (exact) mass is 313 g/mol. The Balaban J connectivity index is 2.37. The van der Waals surface area contributed by atoms with Gasteiger partial charge in [0.2, 0.25) is 5.91 Å². The lowest BCUT2D eigenvalue weighted by Crippen LogP contribution is -2.30. The Bertz CT molecular complexity index is 382. The molecule has 18 heavy (non-hydrogen) atoms. The van der Waals surface area contributed by atoms with Crippen LogP contribution in [0.15, 0.2) is 28.7 Å². The van der Waals surface area contributed by atoms with Crippen LogP contribution < -0.4 is 5.32 Å². The third-order valence-corrected chi connectivity index (χ3v) is 3.45. The minimum absolute atomic E-state index is 0.0319. The lowest BCUT2D eigenvalue weighted by atomic mass is 10.0. The van der Waals surface area contributed by atoms with Gasteiger partial charge in [0.15, 0.2) is 0 Å². The molecule has 0 aliphatic rings. The molecule has 1 unspecified atom stereocenters. The Hall–Kier alpha value is -0.870. The molecule has 0 radical (unpaired) electrons. The van der Waals surface area contributed by atoms with Gasteiger partial charge in [0, 0.05) is 17.6 Å². The maximum absolute atomic E-state index is 11.8. The largest absolute Gasteiger partial charge is 0.396 e. The molecule has 0 saturated heterocycles. The van der Waals surface area contributed by atoms with Crippen molar-refractivity contribution in [2.45, 2.75) is 26.2 Å². The summed E-state index contributed by atoms with van der Waals surface area (Å²) in [4.78, 5) is 11.8. The van der Waals surface area contributed by atoms with Gasteiger partial charge in [-0.25, -0.2) is 0 Å². The first kappa shape index (κ1) is 15.2. The predicted molar refractivity (Wildman–Crippen MR) is 76.3 cm³/mol. The third kappa shape index (κ3) is 5.65. The normalized spacial score (nSPS) is 12.2. The summed E-state index contributed by atoms with van der Waals surface area (Å²) in [5, 5.41) is 11.8. The molecule has 100 valence electrons. The molecule has 0 bridgehead atoms. The van der Waals surface area contributed by atoms with E-state index < -0.39 is 0 Å². The van der Waals surface area contributed by atoms with Crippen molar-refractivity contribution in [2.75, 3.05) is 13.2 Å². The molecule has 2 N–H and O–H groups in total. The zero-order valence-corrected chi connectivity index (χ0v) is 12.2. The highest BCUT2D eigenvalue weighted by molar-refractivity contribution is 9.10. The van der Waals surface area contributed by atoms with Crippen LogP contribution in [0.4, 0.5) is 0 Å². The van der Waals surface area contributed by atoms with E-state index in [0.29, 0.717) is 18.9 Å². The number of hydrogen-bond donors (Lipinski definition) is 2. The summed E-state index contributed by atoms with van der Waals surface area (Å²) in [6.45, 7) is 2.89. The maximum Gasteiger partial charge on any atom is 0.224 e.